The van der Waals surface area contributed by atoms with Gasteiger partial charge in [0.15, 0.2) is 10.8 Å². The Labute approximate surface area is 128 Å². The van der Waals surface area contributed by atoms with Crippen molar-refractivity contribution in [1.29, 1.82) is 0 Å². The first kappa shape index (κ1) is 16.0. The van der Waals surface area contributed by atoms with Gasteiger partial charge in [-0.3, -0.25) is 4.79 Å². The smallest absolute Gasteiger partial charge is 0.358 e. The number of hydrogen-bond donors (Lipinski definition) is 1. The molecule has 1 aromatic carbocycles. The van der Waals surface area contributed by atoms with Gasteiger partial charge in [-0.2, -0.15) is 0 Å². The molecule has 0 saturated carbocycles. The van der Waals surface area contributed by atoms with E-state index in [2.05, 4.69) is 10.3 Å². The van der Waals surface area contributed by atoms with Gasteiger partial charge in [0.05, 0.1) is 0 Å². The molecule has 2 rings (SSSR count). The fourth-order valence-electron chi connectivity index (χ4n) is 1.69. The number of aromatic nitrogens is 1. The zero-order valence-electron chi connectivity index (χ0n) is 11.7. The summed E-state index contributed by atoms with van der Waals surface area (Å²) in [7, 11) is 0. The van der Waals surface area contributed by atoms with Crippen LogP contribution in [0.4, 0.5) is 13.9 Å². The fraction of sp³-hybridized carbons (Fsp3) is 0.214. The summed E-state index contributed by atoms with van der Waals surface area (Å²) in [6, 6.07) is 2.91. The van der Waals surface area contributed by atoms with Crippen LogP contribution in [0.3, 0.4) is 0 Å². The van der Waals surface area contributed by atoms with Crippen LogP contribution in [0.2, 0.25) is 0 Å². The highest BCUT2D eigenvalue weighted by Gasteiger charge is 2.19. The SMILES string of the molecule is CC(=O)Nc1nc(C(=O)OC(C)c2cc(F)ccc2F)cs1. The van der Waals surface area contributed by atoms with Crippen molar-refractivity contribution < 1.29 is 23.1 Å². The van der Waals surface area contributed by atoms with Crippen LogP contribution in [0.5, 0.6) is 0 Å². The summed E-state index contributed by atoms with van der Waals surface area (Å²) in [5.74, 6) is -2.40. The van der Waals surface area contributed by atoms with Crippen LogP contribution < -0.4 is 5.32 Å². The molecule has 0 aliphatic carbocycles. The quantitative estimate of drug-likeness (QED) is 0.875. The van der Waals surface area contributed by atoms with E-state index in [0.29, 0.717) is 0 Å². The minimum atomic E-state index is -0.978. The molecule has 0 bridgehead atoms. The van der Waals surface area contributed by atoms with Crippen LogP contribution in [0.25, 0.3) is 0 Å². The molecule has 0 saturated heterocycles. The van der Waals surface area contributed by atoms with E-state index in [9.17, 15) is 18.4 Å². The molecule has 1 amide bonds. The van der Waals surface area contributed by atoms with Crippen molar-refractivity contribution in [2.75, 3.05) is 5.32 Å². The molecule has 0 aliphatic heterocycles. The summed E-state index contributed by atoms with van der Waals surface area (Å²) in [4.78, 5) is 26.7. The molecule has 1 unspecified atom stereocenters. The second-order valence-corrected chi connectivity index (χ2v) is 5.29. The van der Waals surface area contributed by atoms with Gasteiger partial charge in [0.2, 0.25) is 5.91 Å². The Kier molecular flexibility index (Phi) is 4.81. The summed E-state index contributed by atoms with van der Waals surface area (Å²) >= 11 is 1.06. The van der Waals surface area contributed by atoms with E-state index < -0.39 is 23.7 Å². The van der Waals surface area contributed by atoms with Crippen molar-refractivity contribution in [3.05, 3.63) is 46.5 Å². The summed E-state index contributed by atoms with van der Waals surface area (Å²) in [6.45, 7) is 2.74. The summed E-state index contributed by atoms with van der Waals surface area (Å²) < 4.78 is 31.8. The average Bonchev–Trinajstić information content (AvgIpc) is 2.89. The molecule has 116 valence electrons. The molecular formula is C14H12F2N2O3S. The Morgan fingerprint density at radius 2 is 2.09 bits per heavy atom. The first-order valence-corrected chi connectivity index (χ1v) is 7.14. The maximum atomic E-state index is 13.6. The van der Waals surface area contributed by atoms with Gasteiger partial charge in [-0.25, -0.2) is 18.6 Å². The number of hydrogen-bond acceptors (Lipinski definition) is 5. The Hall–Kier alpha value is -2.35. The van der Waals surface area contributed by atoms with Gasteiger partial charge < -0.3 is 10.1 Å². The molecule has 22 heavy (non-hydrogen) atoms. The Morgan fingerprint density at radius 1 is 1.36 bits per heavy atom. The Bertz CT molecular complexity index is 718. The van der Waals surface area contributed by atoms with E-state index in [1.54, 1.807) is 0 Å². The van der Waals surface area contributed by atoms with Crippen molar-refractivity contribution in [3.8, 4) is 0 Å². The minimum absolute atomic E-state index is 0.0163. The maximum absolute atomic E-state index is 13.6. The van der Waals surface area contributed by atoms with Crippen LogP contribution in [0, 0.1) is 11.6 Å². The fourth-order valence-corrected chi connectivity index (χ4v) is 2.41. The second-order valence-electron chi connectivity index (χ2n) is 4.43. The van der Waals surface area contributed by atoms with Crippen LogP contribution in [-0.2, 0) is 9.53 Å². The highest BCUT2D eigenvalue weighted by atomic mass is 32.1. The zero-order chi connectivity index (χ0) is 16.3. The summed E-state index contributed by atoms with van der Waals surface area (Å²) in [5.41, 5.74) is -0.0805. The minimum Gasteiger partial charge on any atom is -0.453 e. The maximum Gasteiger partial charge on any atom is 0.358 e. The van der Waals surface area contributed by atoms with E-state index in [1.807, 2.05) is 0 Å². The number of nitrogens with zero attached hydrogens (tertiary/aromatic N) is 1. The van der Waals surface area contributed by atoms with Gasteiger partial charge in [0, 0.05) is 17.9 Å². The average molecular weight is 326 g/mol. The van der Waals surface area contributed by atoms with Crippen molar-refractivity contribution >= 4 is 28.3 Å². The number of nitrogens with one attached hydrogen (secondary N) is 1. The third kappa shape index (κ3) is 3.85. The number of anilines is 1. The lowest BCUT2D eigenvalue weighted by Gasteiger charge is -2.13. The second kappa shape index (κ2) is 6.61. The number of thiazole rings is 1. The van der Waals surface area contributed by atoms with Gasteiger partial charge in [0.1, 0.15) is 17.7 Å². The molecule has 0 radical (unpaired) electrons. The van der Waals surface area contributed by atoms with Crippen LogP contribution in [-0.4, -0.2) is 16.9 Å². The van der Waals surface area contributed by atoms with Crippen LogP contribution >= 0.6 is 11.3 Å². The van der Waals surface area contributed by atoms with Crippen molar-refractivity contribution in [2.45, 2.75) is 20.0 Å². The molecule has 2 aromatic rings. The molecule has 0 spiro atoms. The van der Waals surface area contributed by atoms with Gasteiger partial charge in [0.25, 0.3) is 0 Å². The number of amides is 1. The van der Waals surface area contributed by atoms with Crippen molar-refractivity contribution in [3.63, 3.8) is 0 Å². The van der Waals surface area contributed by atoms with E-state index in [0.717, 1.165) is 29.5 Å². The Morgan fingerprint density at radius 3 is 2.77 bits per heavy atom. The van der Waals surface area contributed by atoms with Gasteiger partial charge in [-0.15, -0.1) is 11.3 Å². The lowest BCUT2D eigenvalue weighted by atomic mass is 10.1. The van der Waals surface area contributed by atoms with Crippen molar-refractivity contribution in [1.82, 2.24) is 4.98 Å². The molecule has 1 atom stereocenters. The zero-order valence-corrected chi connectivity index (χ0v) is 12.5. The van der Waals surface area contributed by atoms with Gasteiger partial charge in [-0.05, 0) is 25.1 Å². The molecule has 8 heteroatoms. The molecule has 0 aliphatic rings. The summed E-state index contributed by atoms with van der Waals surface area (Å²) in [6.07, 6.45) is -0.978. The molecule has 1 N–H and O–H groups in total. The topological polar surface area (TPSA) is 68.3 Å². The highest BCUT2D eigenvalue weighted by Crippen LogP contribution is 2.23. The third-order valence-corrected chi connectivity index (χ3v) is 3.43. The van der Waals surface area contributed by atoms with E-state index in [1.165, 1.54) is 19.2 Å². The first-order valence-electron chi connectivity index (χ1n) is 6.26. The van der Waals surface area contributed by atoms with E-state index in [4.69, 9.17) is 4.74 Å². The van der Waals surface area contributed by atoms with E-state index in [-0.39, 0.29) is 22.3 Å². The lowest BCUT2D eigenvalue weighted by molar-refractivity contribution is -0.114. The number of carbonyl (C=O) groups excluding carboxylic acids is 2. The molecular weight excluding hydrogens is 314 g/mol. The summed E-state index contributed by atoms with van der Waals surface area (Å²) in [5, 5.41) is 4.09. The number of rotatable bonds is 4. The standard InChI is InChI=1S/C14H12F2N2O3S/c1-7(10-5-9(15)3-4-11(10)16)21-13(20)12-6-22-14(18-12)17-8(2)19/h3-7H,1-2H3,(H,17,18,19). The molecule has 1 heterocycles. The monoisotopic (exact) mass is 326 g/mol. The predicted molar refractivity (Wildman–Crippen MR) is 76.6 cm³/mol. The largest absolute Gasteiger partial charge is 0.453 e. The van der Waals surface area contributed by atoms with Gasteiger partial charge >= 0.3 is 5.97 Å². The number of halogens is 2. The van der Waals surface area contributed by atoms with Crippen LogP contribution in [0.15, 0.2) is 23.6 Å². The third-order valence-electron chi connectivity index (χ3n) is 2.68. The molecule has 0 fully saturated rings. The predicted octanol–water partition coefficient (Wildman–Crippen LogP) is 3.30. The number of benzene rings is 1. The first-order chi connectivity index (χ1) is 10.4. The number of ether oxygens (including phenoxy) is 1. The molecule has 5 nitrogen and oxygen atoms in total. The van der Waals surface area contributed by atoms with Crippen molar-refractivity contribution in [2.24, 2.45) is 0 Å². The van der Waals surface area contributed by atoms with E-state index >= 15 is 0 Å². The van der Waals surface area contributed by atoms with Crippen LogP contribution in [0.1, 0.15) is 36.0 Å². The highest BCUT2D eigenvalue weighted by molar-refractivity contribution is 7.14. The Balaban J connectivity index is 2.09. The van der Waals surface area contributed by atoms with Gasteiger partial charge in [-0.1, -0.05) is 0 Å². The number of carbonyl (C=O) groups is 2. The normalized spacial score (nSPS) is 11.8. The molecule has 1 aromatic heterocycles. The lowest BCUT2D eigenvalue weighted by Crippen LogP contribution is -2.12. The number of esters is 1.